The smallest absolute Gasteiger partial charge is 0.217 e. The Morgan fingerprint density at radius 1 is 0.227 bits per heavy atom. The van der Waals surface area contributed by atoms with Crippen LogP contribution in [0.25, 0.3) is 0 Å². The third kappa shape index (κ3) is 25.3. The van der Waals surface area contributed by atoms with Crippen LogP contribution in [-0.2, 0) is 128 Å². The van der Waals surface area contributed by atoms with Crippen molar-refractivity contribution in [1.82, 2.24) is 21.3 Å². The molecule has 59 atom stereocenters. The SMILES string of the molecule is CC(=O)N[C@@H]1[C@@H](O[C@@H]2O[C@@H](C)[C@@H](O)[C@@H](O)[C@@H]2O)[C@H](O[C@@H]2O[C@H](CO)[C@@H](O[C@@H]3O[C@H](CO[C@H]4O[C@H](CO)[C@@H](O)[C@H](O)[C@@H]4O[C@@H]4O[C@H](CO)[C@@H](O[C@@H]5O[C@@H](C)[C@@H](O)[C@@H](O)[C@@H]5O)[C@H](O[C@@H]5O[C@H](CO)[C@H](O)[C@H](O)[C@H]5O)[C@H]4NC(C)=O)[C@@H](O)[C@H](O[C@H]4O[C@H](CO)[C@@H](O)[C@H](O)[C@@H]4O[C@@H]4O[C@H](CO)[C@@H](O)[C@H](O[C@@H]5O[C@H](CO)[C@H](O)[C@H](O)[C@H]5O)[C@H]4NC(C)=O)[C@@H]3O[C@@H]3OC[C@@H](O)[C@H](O)[C@H]3O)[C@H](O)[C@H]2NC(C)=O)[C@@H](CO)O[C@H]1O. The average molecular weight is 2070 g/mol. The van der Waals surface area contributed by atoms with Gasteiger partial charge in [-0.3, -0.25) is 19.2 Å². The minimum absolute atomic E-state index is 0.876. The highest BCUT2D eigenvalue weighted by molar-refractivity contribution is 5.74. The zero-order chi connectivity index (χ0) is 104. The van der Waals surface area contributed by atoms with E-state index in [0.717, 1.165) is 27.7 Å². The first-order valence-corrected chi connectivity index (χ1v) is 45.3. The van der Waals surface area contributed by atoms with Crippen LogP contribution in [0.5, 0.6) is 0 Å². The summed E-state index contributed by atoms with van der Waals surface area (Å²) in [6.45, 7) is -6.00. The normalized spacial score (nSPS) is 50.7. The van der Waals surface area contributed by atoms with Gasteiger partial charge in [0.2, 0.25) is 23.6 Å². The molecule has 141 heavy (non-hydrogen) atoms. The van der Waals surface area contributed by atoms with E-state index >= 15 is 0 Å². The summed E-state index contributed by atoms with van der Waals surface area (Å²) in [5.41, 5.74) is 0. The molecule has 0 aliphatic carbocycles. The third-order valence-corrected chi connectivity index (χ3v) is 26.2. The van der Waals surface area contributed by atoms with Crippen LogP contribution < -0.4 is 21.3 Å². The summed E-state index contributed by atoms with van der Waals surface area (Å²) in [6, 6.07) is -8.20. The molecule has 0 spiro atoms. The summed E-state index contributed by atoms with van der Waals surface area (Å²) in [6.07, 6.45) is -120. The maximum absolute atomic E-state index is 13.7. The standard InChI is InChI=1S/C79H132N4O58/c1-17-37(97)47(107)54(114)73(121-17)134-60-31(14-91)130-71(36(83-22(6)95)63(60)137-76-57(117)50(110)41(101)25(8-85)126-76)139-65-51(111)42(102)26(9-86)127-77(65)120-16-32-45(105)64(138-78-66(52(112)43(103)27(10-87)128-78)140-70-35(82-21(5)94)61(44(104)28(11-88)124-70)135-75-56(116)49(109)40(100)24(7-84)125-75)67(141-72-53(113)39(99)23(96)15-119-72)79(131-32)132-58-29(12-89)129-69(33(46(58)106)80-19(3)92)133-59-30(13-90)123-68(118)34(81-20(4)93)62(59)136-74-55(115)48(108)38(98)18(2)122-74/h17-18,23-79,84-91,96-118H,7-16H2,1-6H3,(H,80,92)(H,81,93)(H,82,94)(H,83,95)/t17-,18-,23+,24+,25+,26+,27+,28+,29+,30+,31+,32+,33+,34+,35+,36+,37+,38+,39-,40-,41-,42+,43+,44+,45+,46+,47+,48+,49-,50-,51-,52-,53+,54-,55-,56+,57+,58+,59+,60+,61+,62+,63+,64-,65-,66-,67-,68+,69-,70-,71-,72-,73-,74-,75-,76-,77-,78+,79-/m0/s1. The number of hydrogen-bond donors (Lipinski definition) is 35. The van der Waals surface area contributed by atoms with Crippen LogP contribution in [0.3, 0.4) is 0 Å². The van der Waals surface area contributed by atoms with Crippen LogP contribution in [0.15, 0.2) is 0 Å². The van der Waals surface area contributed by atoms with Crippen molar-refractivity contribution in [3.05, 3.63) is 0 Å². The van der Waals surface area contributed by atoms with E-state index in [0.29, 0.717) is 0 Å². The van der Waals surface area contributed by atoms with Crippen molar-refractivity contribution in [2.75, 3.05) is 66.1 Å². The Kier molecular flexibility index (Phi) is 41.0. The fraction of sp³-hybridized carbons (Fsp3) is 0.949. The molecular weight excluding hydrogens is 1930 g/mol. The predicted molar refractivity (Wildman–Crippen MR) is 433 cm³/mol. The maximum atomic E-state index is 13.7. The summed E-state index contributed by atoms with van der Waals surface area (Å²) in [4.78, 5) is 53.7. The van der Waals surface area contributed by atoms with Gasteiger partial charge in [-0.25, -0.2) is 0 Å². The number of aliphatic hydroxyl groups excluding tert-OH is 31. The van der Waals surface area contributed by atoms with Crippen molar-refractivity contribution >= 4 is 23.6 Å². The van der Waals surface area contributed by atoms with E-state index < -0.39 is 452 Å². The largest absolute Gasteiger partial charge is 0.394 e. The summed E-state index contributed by atoms with van der Waals surface area (Å²) >= 11 is 0. The number of ether oxygens (including phenoxy) is 23. The maximum Gasteiger partial charge on any atom is 0.217 e. The second kappa shape index (κ2) is 50.1. The fourth-order valence-corrected chi connectivity index (χ4v) is 18.5. The highest BCUT2D eigenvalue weighted by Crippen LogP contribution is 2.44. The Morgan fingerprint density at radius 2 is 0.511 bits per heavy atom. The Hall–Kier alpha value is -4.28. The number of carbonyl (C=O) groups excluding carboxylic acids is 4. The molecule has 12 aliphatic rings. The van der Waals surface area contributed by atoms with Gasteiger partial charge in [0, 0.05) is 27.7 Å². The first-order valence-electron chi connectivity index (χ1n) is 45.3. The zero-order valence-electron chi connectivity index (χ0n) is 76.0. The van der Waals surface area contributed by atoms with Crippen LogP contribution in [0.1, 0.15) is 41.5 Å². The summed E-state index contributed by atoms with van der Waals surface area (Å²) in [5.74, 6) is -4.08. The molecular formula is C79H132N4O58. The number of nitrogens with one attached hydrogen (secondary N) is 4. The van der Waals surface area contributed by atoms with Gasteiger partial charge in [0.25, 0.3) is 0 Å². The molecule has 12 rings (SSSR count). The minimum atomic E-state index is -2.72. The number of carbonyl (C=O) groups is 4. The molecule has 35 N–H and O–H groups in total. The molecule has 12 aliphatic heterocycles. The Bertz CT molecular complexity index is 3900. The summed E-state index contributed by atoms with van der Waals surface area (Å²) in [5, 5.41) is 361. The van der Waals surface area contributed by atoms with Gasteiger partial charge >= 0.3 is 0 Å². The summed E-state index contributed by atoms with van der Waals surface area (Å²) < 4.78 is 141. The Morgan fingerprint density at radius 3 is 0.972 bits per heavy atom. The quantitative estimate of drug-likeness (QED) is 0.0280. The van der Waals surface area contributed by atoms with Gasteiger partial charge in [-0.2, -0.15) is 0 Å². The molecule has 0 aromatic heterocycles. The van der Waals surface area contributed by atoms with E-state index in [1.165, 1.54) is 13.8 Å². The van der Waals surface area contributed by atoms with E-state index in [1.54, 1.807) is 0 Å². The van der Waals surface area contributed by atoms with Crippen LogP contribution in [0, 0.1) is 0 Å². The molecule has 0 saturated carbocycles. The Balaban J connectivity index is 0.963. The predicted octanol–water partition coefficient (Wildman–Crippen LogP) is -23.9. The molecule has 12 fully saturated rings. The van der Waals surface area contributed by atoms with Gasteiger partial charge in [-0.05, 0) is 13.8 Å². The van der Waals surface area contributed by atoms with E-state index in [-0.39, 0.29) is 0 Å². The van der Waals surface area contributed by atoms with Gasteiger partial charge in [-0.1, -0.05) is 0 Å². The van der Waals surface area contributed by atoms with Crippen molar-refractivity contribution in [2.45, 2.75) is 404 Å². The summed E-state index contributed by atoms with van der Waals surface area (Å²) in [7, 11) is 0. The van der Waals surface area contributed by atoms with Gasteiger partial charge in [0.1, 0.15) is 274 Å². The topological polar surface area (TPSA) is 956 Å². The lowest BCUT2D eigenvalue weighted by atomic mass is 9.93. The lowest BCUT2D eigenvalue weighted by Gasteiger charge is -2.52. The highest BCUT2D eigenvalue weighted by atomic mass is 16.8. The molecule has 4 amide bonds. The minimum Gasteiger partial charge on any atom is -0.394 e. The molecule has 0 radical (unpaired) electrons. The van der Waals surface area contributed by atoms with E-state index in [1.807, 2.05) is 0 Å². The molecule has 0 unspecified atom stereocenters. The molecule has 0 aromatic rings. The van der Waals surface area contributed by atoms with Gasteiger partial charge in [0.05, 0.1) is 78.3 Å². The van der Waals surface area contributed by atoms with Crippen LogP contribution in [-0.4, -0.2) is 610 Å². The Labute approximate surface area is 798 Å². The highest BCUT2D eigenvalue weighted by Gasteiger charge is 2.64. The van der Waals surface area contributed by atoms with E-state index in [2.05, 4.69) is 21.3 Å². The number of rotatable bonds is 35. The lowest BCUT2D eigenvalue weighted by molar-refractivity contribution is -0.413. The van der Waals surface area contributed by atoms with E-state index in [9.17, 15) is 177 Å². The van der Waals surface area contributed by atoms with Gasteiger partial charge in [0.15, 0.2) is 75.5 Å². The van der Waals surface area contributed by atoms with Crippen LogP contribution in [0.4, 0.5) is 0 Å². The average Bonchev–Trinajstić information content (AvgIpc) is 0.755. The lowest BCUT2D eigenvalue weighted by Crippen LogP contribution is -2.72. The molecule has 62 nitrogen and oxygen atoms in total. The third-order valence-electron chi connectivity index (χ3n) is 26.2. The van der Waals surface area contributed by atoms with Crippen LogP contribution >= 0.6 is 0 Å². The fourth-order valence-electron chi connectivity index (χ4n) is 18.5. The van der Waals surface area contributed by atoms with Gasteiger partial charge in [-0.15, -0.1) is 0 Å². The first kappa shape index (κ1) is 115. The van der Waals surface area contributed by atoms with Crippen molar-refractivity contribution in [3.63, 3.8) is 0 Å². The monoisotopic (exact) mass is 2060 g/mol. The second-order valence-electron chi connectivity index (χ2n) is 36.1. The van der Waals surface area contributed by atoms with Crippen LogP contribution in [0.2, 0.25) is 0 Å². The van der Waals surface area contributed by atoms with Crippen molar-refractivity contribution in [3.8, 4) is 0 Å². The number of aliphatic hydroxyl groups is 31. The van der Waals surface area contributed by atoms with Crippen molar-refractivity contribution in [2.24, 2.45) is 0 Å². The first-order chi connectivity index (χ1) is 66.7. The van der Waals surface area contributed by atoms with E-state index in [4.69, 9.17) is 109 Å². The molecule has 0 aromatic carbocycles. The van der Waals surface area contributed by atoms with Gasteiger partial charge < -0.3 is 289 Å². The second-order valence-corrected chi connectivity index (χ2v) is 36.1. The van der Waals surface area contributed by atoms with Crippen molar-refractivity contribution in [1.29, 1.82) is 0 Å². The van der Waals surface area contributed by atoms with Crippen molar-refractivity contribution < 1.29 is 286 Å². The molecule has 12 heterocycles. The number of amides is 4. The molecule has 816 valence electrons. The molecule has 62 heteroatoms. The zero-order valence-corrected chi connectivity index (χ0v) is 76.0. The number of hydrogen-bond acceptors (Lipinski definition) is 58. The molecule has 12 saturated heterocycles. The molecule has 0 bridgehead atoms.